The van der Waals surface area contributed by atoms with E-state index in [0.717, 1.165) is 5.56 Å². The summed E-state index contributed by atoms with van der Waals surface area (Å²) in [4.78, 5) is 32.0. The van der Waals surface area contributed by atoms with Crippen molar-refractivity contribution in [3.8, 4) is 11.5 Å². The van der Waals surface area contributed by atoms with Gasteiger partial charge in [-0.2, -0.15) is 0 Å². The minimum Gasteiger partial charge on any atom is -0.493 e. The Bertz CT molecular complexity index is 1830. The highest BCUT2D eigenvalue weighted by Crippen LogP contribution is 2.35. The lowest BCUT2D eigenvalue weighted by atomic mass is 9.95. The summed E-state index contributed by atoms with van der Waals surface area (Å²) in [6.07, 6.45) is 2.25. The van der Waals surface area contributed by atoms with Crippen molar-refractivity contribution < 1.29 is 23.4 Å². The number of hydrogen-bond donors (Lipinski definition) is 0. The predicted molar refractivity (Wildman–Crippen MR) is 158 cm³/mol. The van der Waals surface area contributed by atoms with Crippen molar-refractivity contribution in [3.05, 3.63) is 125 Å². The van der Waals surface area contributed by atoms with Crippen molar-refractivity contribution in [2.75, 3.05) is 14.2 Å². The highest BCUT2D eigenvalue weighted by atomic mass is 79.9. The third-order valence-corrected chi connectivity index (χ3v) is 8.29. The number of methoxy groups -OCH3 is 2. The number of esters is 1. The maximum Gasteiger partial charge on any atom is 0.338 e. The lowest BCUT2D eigenvalue weighted by Crippen LogP contribution is -2.40. The second-order valence-corrected chi connectivity index (χ2v) is 11.0. The fourth-order valence-corrected chi connectivity index (χ4v) is 6.13. The van der Waals surface area contributed by atoms with Gasteiger partial charge in [-0.3, -0.25) is 9.36 Å². The second-order valence-electron chi connectivity index (χ2n) is 9.14. The van der Waals surface area contributed by atoms with E-state index < -0.39 is 12.0 Å². The molecule has 5 rings (SSSR count). The van der Waals surface area contributed by atoms with Crippen LogP contribution >= 0.6 is 27.3 Å². The minimum atomic E-state index is -0.673. The minimum absolute atomic E-state index is 0.153. The zero-order valence-electron chi connectivity index (χ0n) is 22.5. The Morgan fingerprint density at radius 2 is 1.88 bits per heavy atom. The van der Waals surface area contributed by atoms with Crippen molar-refractivity contribution in [1.29, 1.82) is 0 Å². The van der Waals surface area contributed by atoms with Gasteiger partial charge in [0.15, 0.2) is 16.3 Å². The molecule has 0 bridgehead atoms. The molecule has 10 heteroatoms. The molecule has 0 fully saturated rings. The number of hydrogen-bond acceptors (Lipinski definition) is 7. The van der Waals surface area contributed by atoms with Gasteiger partial charge in [0.25, 0.3) is 5.56 Å². The summed E-state index contributed by atoms with van der Waals surface area (Å²) in [5.74, 6) is 0.0547. The SMILES string of the molecule is CCC1=C(C(=O)OC)[C@@H](c2ccccc2)n2c(s/c(=C\c3cc(OC)c(OCc4cccc(F)c4)cc3Br)c2=O)=N1. The first kappa shape index (κ1) is 28.5. The number of fused-ring (bicyclic) bond motifs is 1. The number of nitrogens with zero attached hydrogens (tertiary/aromatic N) is 2. The summed E-state index contributed by atoms with van der Waals surface area (Å²) in [6.45, 7) is 2.07. The number of carbonyl (C=O) groups excluding carboxylic acids is 1. The Kier molecular flexibility index (Phi) is 8.51. The Hall–Kier alpha value is -4.02. The number of halogens is 2. The van der Waals surface area contributed by atoms with Crippen LogP contribution < -0.4 is 24.4 Å². The van der Waals surface area contributed by atoms with Crippen LogP contribution in [0.2, 0.25) is 0 Å². The molecule has 0 unspecified atom stereocenters. The Labute approximate surface area is 248 Å². The highest BCUT2D eigenvalue weighted by Gasteiger charge is 2.33. The quantitative estimate of drug-likeness (QED) is 0.246. The number of ether oxygens (including phenoxy) is 3. The molecule has 1 aliphatic rings. The van der Waals surface area contributed by atoms with Gasteiger partial charge in [0, 0.05) is 4.47 Å². The number of rotatable bonds is 8. The lowest BCUT2D eigenvalue weighted by Gasteiger charge is -2.25. The van der Waals surface area contributed by atoms with Crippen LogP contribution in [0, 0.1) is 5.82 Å². The van der Waals surface area contributed by atoms with Gasteiger partial charge in [-0.05, 0) is 53.5 Å². The lowest BCUT2D eigenvalue weighted by molar-refractivity contribution is -0.136. The van der Waals surface area contributed by atoms with Crippen molar-refractivity contribution >= 4 is 39.3 Å². The standard InChI is InChI=1S/C31H26BrFN2O5S/c1-4-23-27(30(37)39-3)28(19-10-6-5-7-11-19)35-29(36)26(41-31(35)34-23)15-20-14-24(38-2)25(16-22(20)32)40-17-18-9-8-12-21(33)13-18/h5-16,28H,4,17H2,1-3H3/b26-15-/t28-/m1/s1. The molecule has 0 spiro atoms. The zero-order valence-corrected chi connectivity index (χ0v) is 24.9. The Balaban J connectivity index is 1.59. The van der Waals surface area contributed by atoms with E-state index in [1.165, 1.54) is 37.7 Å². The molecule has 0 radical (unpaired) electrons. The molecule has 0 N–H and O–H groups in total. The Morgan fingerprint density at radius 3 is 2.56 bits per heavy atom. The van der Waals surface area contributed by atoms with Crippen molar-refractivity contribution in [1.82, 2.24) is 4.57 Å². The first-order chi connectivity index (χ1) is 19.8. The summed E-state index contributed by atoms with van der Waals surface area (Å²) in [5.41, 5.74) is 2.80. The third kappa shape index (κ3) is 5.75. The molecule has 210 valence electrons. The van der Waals surface area contributed by atoms with E-state index >= 15 is 0 Å². The number of benzene rings is 3. The van der Waals surface area contributed by atoms with Crippen molar-refractivity contribution in [3.63, 3.8) is 0 Å². The van der Waals surface area contributed by atoms with Gasteiger partial charge in [-0.1, -0.05) is 76.7 Å². The predicted octanol–water partition coefficient (Wildman–Crippen LogP) is 5.29. The number of thiazole rings is 1. The zero-order chi connectivity index (χ0) is 29.1. The van der Waals surface area contributed by atoms with Crippen LogP contribution in [0.4, 0.5) is 4.39 Å². The maximum atomic E-state index is 13.9. The smallest absolute Gasteiger partial charge is 0.338 e. The molecule has 0 saturated heterocycles. The number of carbonyl (C=O) groups is 1. The summed E-state index contributed by atoms with van der Waals surface area (Å²) >= 11 is 4.83. The molecule has 1 aromatic heterocycles. The van der Waals surface area contributed by atoms with E-state index in [-0.39, 0.29) is 18.0 Å². The first-order valence-electron chi connectivity index (χ1n) is 12.8. The van der Waals surface area contributed by atoms with Crippen molar-refractivity contribution in [2.24, 2.45) is 4.99 Å². The molecular formula is C31H26BrFN2O5S. The van der Waals surface area contributed by atoms with E-state index in [1.54, 1.807) is 34.9 Å². The molecule has 2 heterocycles. The van der Waals surface area contributed by atoms with Crippen LogP contribution in [-0.4, -0.2) is 24.8 Å². The van der Waals surface area contributed by atoms with Crippen LogP contribution in [0.15, 0.2) is 92.3 Å². The topological polar surface area (TPSA) is 79.1 Å². The monoisotopic (exact) mass is 636 g/mol. The molecule has 1 aliphatic heterocycles. The molecule has 3 aromatic carbocycles. The third-order valence-electron chi connectivity index (χ3n) is 6.62. The molecule has 1 atom stereocenters. The molecular weight excluding hydrogens is 611 g/mol. The van der Waals surface area contributed by atoms with E-state index in [0.29, 0.717) is 54.1 Å². The van der Waals surface area contributed by atoms with Crippen LogP contribution in [0.3, 0.4) is 0 Å². The van der Waals surface area contributed by atoms with E-state index in [2.05, 4.69) is 15.9 Å². The van der Waals surface area contributed by atoms with E-state index in [9.17, 15) is 14.0 Å². The highest BCUT2D eigenvalue weighted by molar-refractivity contribution is 9.10. The number of aromatic nitrogens is 1. The van der Waals surface area contributed by atoms with Crippen LogP contribution in [0.5, 0.6) is 11.5 Å². The van der Waals surface area contributed by atoms with Gasteiger partial charge in [0.2, 0.25) is 0 Å². The van der Waals surface area contributed by atoms with Crippen LogP contribution in [0.25, 0.3) is 6.08 Å². The average Bonchev–Trinajstić information content (AvgIpc) is 3.30. The van der Waals surface area contributed by atoms with Crippen LogP contribution in [0.1, 0.15) is 36.1 Å². The fraction of sp³-hybridized carbons (Fsp3) is 0.194. The van der Waals surface area contributed by atoms with Gasteiger partial charge in [-0.15, -0.1) is 0 Å². The van der Waals surface area contributed by atoms with Crippen molar-refractivity contribution in [2.45, 2.75) is 26.0 Å². The number of allylic oxidation sites excluding steroid dienone is 1. The van der Waals surface area contributed by atoms with Gasteiger partial charge >= 0.3 is 5.97 Å². The molecule has 0 amide bonds. The Morgan fingerprint density at radius 1 is 1.10 bits per heavy atom. The maximum absolute atomic E-state index is 13.9. The molecule has 0 aliphatic carbocycles. The molecule has 7 nitrogen and oxygen atoms in total. The van der Waals surface area contributed by atoms with Crippen LogP contribution in [-0.2, 0) is 16.1 Å². The van der Waals surface area contributed by atoms with Gasteiger partial charge in [0.05, 0.1) is 36.1 Å². The van der Waals surface area contributed by atoms with Gasteiger partial charge in [0.1, 0.15) is 12.4 Å². The second kappa shape index (κ2) is 12.2. The molecule has 4 aromatic rings. The van der Waals surface area contributed by atoms with E-state index in [4.69, 9.17) is 19.2 Å². The summed E-state index contributed by atoms with van der Waals surface area (Å²) < 4.78 is 32.8. The average molecular weight is 638 g/mol. The van der Waals surface area contributed by atoms with Gasteiger partial charge < -0.3 is 14.2 Å². The normalized spacial score (nSPS) is 14.9. The van der Waals surface area contributed by atoms with E-state index in [1.807, 2.05) is 37.3 Å². The first-order valence-corrected chi connectivity index (χ1v) is 14.4. The van der Waals surface area contributed by atoms with Gasteiger partial charge in [-0.25, -0.2) is 14.2 Å². The summed E-state index contributed by atoms with van der Waals surface area (Å²) in [6, 6.07) is 18.4. The summed E-state index contributed by atoms with van der Waals surface area (Å²) in [5, 5.41) is 0. The molecule has 41 heavy (non-hydrogen) atoms. The molecule has 0 saturated carbocycles. The fourth-order valence-electron chi connectivity index (χ4n) is 4.68. The summed E-state index contributed by atoms with van der Waals surface area (Å²) in [7, 11) is 2.85. The largest absolute Gasteiger partial charge is 0.493 e.